The minimum atomic E-state index is -1.84. The maximum absolute atomic E-state index is 12.4. The van der Waals surface area contributed by atoms with E-state index in [0.717, 1.165) is 6.42 Å². The largest absolute Gasteiger partial charge is 0.444 e. The van der Waals surface area contributed by atoms with Gasteiger partial charge in [0.05, 0.1) is 12.1 Å². The Morgan fingerprint density at radius 2 is 1.77 bits per heavy atom. The molecule has 4 nitrogen and oxygen atoms in total. The fraction of sp³-hybridized carbons (Fsp3) is 0.824. The van der Waals surface area contributed by atoms with E-state index in [1.165, 1.54) is 0 Å². The molecule has 0 unspecified atom stereocenters. The molecule has 0 aliphatic carbocycles. The Balaban J connectivity index is 2.77. The summed E-state index contributed by atoms with van der Waals surface area (Å²) in [5.41, 5.74) is -0.485. The number of carbonyl (C=O) groups is 1. The van der Waals surface area contributed by atoms with Gasteiger partial charge in [-0.1, -0.05) is 26.8 Å². The molecule has 1 saturated heterocycles. The van der Waals surface area contributed by atoms with Crippen LogP contribution in [-0.4, -0.2) is 43.6 Å². The molecule has 0 N–H and O–H groups in total. The summed E-state index contributed by atoms with van der Waals surface area (Å²) in [5.74, 6) is 0. The number of rotatable bonds is 3. The summed E-state index contributed by atoms with van der Waals surface area (Å²) in [7, 11) is -1.84. The first kappa shape index (κ1) is 19.2. The monoisotopic (exact) mass is 327 g/mol. The third-order valence-electron chi connectivity index (χ3n) is 4.47. The fourth-order valence-corrected chi connectivity index (χ4v) is 3.62. The Bertz CT molecular complexity index is 421. The lowest BCUT2D eigenvalue weighted by molar-refractivity contribution is 0.0237. The first-order valence-electron chi connectivity index (χ1n) is 8.07. The molecule has 5 heteroatoms. The molecule has 1 heterocycles. The highest BCUT2D eigenvalue weighted by Crippen LogP contribution is 2.39. The molecule has 0 saturated carbocycles. The van der Waals surface area contributed by atoms with Gasteiger partial charge in [0.1, 0.15) is 5.60 Å². The van der Waals surface area contributed by atoms with E-state index in [9.17, 15) is 4.79 Å². The van der Waals surface area contributed by atoms with E-state index in [1.807, 2.05) is 26.8 Å². The van der Waals surface area contributed by atoms with E-state index in [1.54, 1.807) is 4.90 Å². The third-order valence-corrected chi connectivity index (χ3v) is 9.01. The first-order chi connectivity index (χ1) is 9.77. The van der Waals surface area contributed by atoms with Gasteiger partial charge >= 0.3 is 6.09 Å². The van der Waals surface area contributed by atoms with Crippen molar-refractivity contribution in [2.75, 3.05) is 6.54 Å². The number of likely N-dealkylation sites (tertiary alicyclic amines) is 1. The second-order valence-corrected chi connectivity index (χ2v) is 13.4. The Morgan fingerprint density at radius 3 is 2.18 bits per heavy atom. The highest BCUT2D eigenvalue weighted by Gasteiger charge is 2.43. The van der Waals surface area contributed by atoms with Crippen molar-refractivity contribution in [3.63, 3.8) is 0 Å². The van der Waals surface area contributed by atoms with Crippen LogP contribution in [0.4, 0.5) is 4.79 Å². The van der Waals surface area contributed by atoms with Crippen LogP contribution in [0.1, 0.15) is 48.0 Å². The van der Waals surface area contributed by atoms with Crippen LogP contribution in [0.25, 0.3) is 0 Å². The van der Waals surface area contributed by atoms with E-state index in [0.29, 0.717) is 6.54 Å². The maximum atomic E-state index is 12.4. The van der Waals surface area contributed by atoms with Crippen LogP contribution in [0.2, 0.25) is 18.1 Å². The van der Waals surface area contributed by atoms with Gasteiger partial charge in [-0.3, -0.25) is 4.90 Å². The molecule has 0 aromatic carbocycles. The van der Waals surface area contributed by atoms with Gasteiger partial charge in [-0.15, -0.1) is 6.58 Å². The maximum Gasteiger partial charge on any atom is 0.410 e. The molecule has 0 spiro atoms. The van der Waals surface area contributed by atoms with Crippen molar-refractivity contribution in [3.05, 3.63) is 12.7 Å². The predicted octanol–water partition coefficient (Wildman–Crippen LogP) is 4.57. The summed E-state index contributed by atoms with van der Waals surface area (Å²) in [6.45, 7) is 21.3. The lowest BCUT2D eigenvalue weighted by atomic mass is 10.2. The topological polar surface area (TPSA) is 38.8 Å². The SMILES string of the molecule is C=C[C@@H]1C[C@@H](O[Si](C)(C)C(C)(C)C)CN1C(=O)OC(C)(C)C. The summed E-state index contributed by atoms with van der Waals surface area (Å²) < 4.78 is 11.9. The predicted molar refractivity (Wildman–Crippen MR) is 93.6 cm³/mol. The van der Waals surface area contributed by atoms with Crippen LogP contribution in [-0.2, 0) is 9.16 Å². The Morgan fingerprint density at radius 1 is 1.23 bits per heavy atom. The molecule has 0 aromatic rings. The average molecular weight is 328 g/mol. The van der Waals surface area contributed by atoms with Crippen LogP contribution in [0.5, 0.6) is 0 Å². The molecule has 1 rings (SSSR count). The van der Waals surface area contributed by atoms with Gasteiger partial charge in [0.2, 0.25) is 0 Å². The van der Waals surface area contributed by atoms with Gasteiger partial charge in [-0.05, 0) is 45.3 Å². The molecule has 1 aliphatic rings. The van der Waals surface area contributed by atoms with Crippen molar-refractivity contribution in [1.82, 2.24) is 4.90 Å². The van der Waals surface area contributed by atoms with Crippen LogP contribution in [0, 0.1) is 0 Å². The van der Waals surface area contributed by atoms with Gasteiger partial charge in [0, 0.05) is 6.54 Å². The van der Waals surface area contributed by atoms with E-state index in [-0.39, 0.29) is 23.3 Å². The van der Waals surface area contributed by atoms with Crippen LogP contribution >= 0.6 is 0 Å². The molecule has 1 amide bonds. The van der Waals surface area contributed by atoms with E-state index < -0.39 is 13.9 Å². The van der Waals surface area contributed by atoms with Crippen molar-refractivity contribution in [2.24, 2.45) is 0 Å². The summed E-state index contributed by atoms with van der Waals surface area (Å²) in [5, 5.41) is 0.163. The second kappa shape index (κ2) is 6.36. The van der Waals surface area contributed by atoms with E-state index in [2.05, 4.69) is 40.4 Å². The quantitative estimate of drug-likeness (QED) is 0.563. The zero-order chi connectivity index (χ0) is 17.3. The van der Waals surface area contributed by atoms with Crippen molar-refractivity contribution < 1.29 is 14.0 Å². The number of hydrogen-bond donors (Lipinski definition) is 0. The van der Waals surface area contributed by atoms with Crippen LogP contribution < -0.4 is 0 Å². The van der Waals surface area contributed by atoms with E-state index >= 15 is 0 Å². The Kier molecular flexibility index (Phi) is 5.56. The summed E-state index contributed by atoms with van der Waals surface area (Å²) >= 11 is 0. The summed E-state index contributed by atoms with van der Waals surface area (Å²) in [6.07, 6.45) is 2.41. The Labute approximate surface area is 137 Å². The average Bonchev–Trinajstić information content (AvgIpc) is 2.67. The summed E-state index contributed by atoms with van der Waals surface area (Å²) in [4.78, 5) is 14.1. The van der Waals surface area contributed by atoms with Crippen LogP contribution in [0.15, 0.2) is 12.7 Å². The molecular formula is C17H33NO3Si. The lowest BCUT2D eigenvalue weighted by Gasteiger charge is -2.38. The van der Waals surface area contributed by atoms with Crippen molar-refractivity contribution in [1.29, 1.82) is 0 Å². The highest BCUT2D eigenvalue weighted by atomic mass is 28.4. The number of hydrogen-bond acceptors (Lipinski definition) is 3. The molecule has 1 fully saturated rings. The normalized spacial score (nSPS) is 23.5. The molecule has 1 aliphatic heterocycles. The molecule has 0 bridgehead atoms. The van der Waals surface area contributed by atoms with Gasteiger partial charge in [-0.2, -0.15) is 0 Å². The Hall–Kier alpha value is -0.813. The number of amides is 1. The van der Waals surface area contributed by atoms with Gasteiger partial charge in [-0.25, -0.2) is 4.79 Å². The second-order valence-electron chi connectivity index (χ2n) is 8.67. The fourth-order valence-electron chi connectivity index (χ4n) is 2.26. The highest BCUT2D eigenvalue weighted by molar-refractivity contribution is 6.74. The van der Waals surface area contributed by atoms with Crippen molar-refractivity contribution in [2.45, 2.75) is 83.8 Å². The molecule has 2 atom stereocenters. The van der Waals surface area contributed by atoms with Gasteiger partial charge in [0.15, 0.2) is 8.32 Å². The molecular weight excluding hydrogens is 294 g/mol. The molecule has 0 radical (unpaired) electrons. The van der Waals surface area contributed by atoms with Gasteiger partial charge < -0.3 is 9.16 Å². The molecule has 22 heavy (non-hydrogen) atoms. The number of carbonyl (C=O) groups excluding carboxylic acids is 1. The number of ether oxygens (including phenoxy) is 1. The molecule has 128 valence electrons. The third kappa shape index (κ3) is 4.85. The minimum Gasteiger partial charge on any atom is -0.444 e. The standard InChI is InChI=1S/C17H33NO3Si/c1-10-13-11-14(21-22(8,9)17(5,6)7)12-18(13)15(19)20-16(2,3)4/h10,13-14H,1,11-12H2,2-9H3/t13-,14-/m1/s1. The zero-order valence-corrected chi connectivity index (χ0v) is 16.5. The van der Waals surface area contributed by atoms with Crippen molar-refractivity contribution >= 4 is 14.4 Å². The number of nitrogens with zero attached hydrogens (tertiary/aromatic N) is 1. The smallest absolute Gasteiger partial charge is 0.410 e. The van der Waals surface area contributed by atoms with Crippen molar-refractivity contribution in [3.8, 4) is 0 Å². The van der Waals surface area contributed by atoms with E-state index in [4.69, 9.17) is 9.16 Å². The molecule has 0 aromatic heterocycles. The zero-order valence-electron chi connectivity index (χ0n) is 15.5. The lowest BCUT2D eigenvalue weighted by Crippen LogP contribution is -2.45. The minimum absolute atomic E-state index is 0.00961. The van der Waals surface area contributed by atoms with Gasteiger partial charge in [0.25, 0.3) is 0 Å². The van der Waals surface area contributed by atoms with Crippen LogP contribution in [0.3, 0.4) is 0 Å². The summed E-state index contributed by atoms with van der Waals surface area (Å²) in [6, 6.07) is -0.00961. The first-order valence-corrected chi connectivity index (χ1v) is 11.0.